The fourth-order valence-electron chi connectivity index (χ4n) is 2.64. The third-order valence-electron chi connectivity index (χ3n) is 4.12. The Morgan fingerprint density at radius 2 is 1.81 bits per heavy atom. The van der Waals surface area contributed by atoms with E-state index in [1.807, 2.05) is 6.07 Å². The lowest BCUT2D eigenvalue weighted by molar-refractivity contribution is -0.140. The predicted octanol–water partition coefficient (Wildman–Crippen LogP) is 3.47. The van der Waals surface area contributed by atoms with Crippen molar-refractivity contribution in [3.05, 3.63) is 59.7 Å². The number of nitriles is 1. The number of rotatable bonds is 11. The Balaban J connectivity index is 2.02. The van der Waals surface area contributed by atoms with Gasteiger partial charge in [-0.15, -0.1) is 0 Å². The van der Waals surface area contributed by atoms with Gasteiger partial charge in [-0.1, -0.05) is 12.1 Å². The molecule has 0 saturated heterocycles. The maximum absolute atomic E-state index is 12.4. The molecule has 0 aliphatic carbocycles. The first-order valence-corrected chi connectivity index (χ1v) is 10.3. The van der Waals surface area contributed by atoms with Crippen molar-refractivity contribution in [2.45, 2.75) is 18.9 Å². The second-order valence-corrected chi connectivity index (χ2v) is 6.69. The molecular weight excluding hydrogens is 420 g/mol. The molecule has 2 N–H and O–H groups in total. The summed E-state index contributed by atoms with van der Waals surface area (Å²) in [6.45, 7) is 0.283. The van der Waals surface area contributed by atoms with E-state index in [2.05, 4.69) is 17.9 Å². The van der Waals surface area contributed by atoms with Gasteiger partial charge in [0.1, 0.15) is 18.5 Å². The van der Waals surface area contributed by atoms with Crippen molar-refractivity contribution in [1.82, 2.24) is 0 Å². The van der Waals surface area contributed by atoms with Crippen LogP contribution in [0, 0.1) is 11.3 Å². The molecule has 0 aliphatic heterocycles. The van der Waals surface area contributed by atoms with Crippen LogP contribution in [0.1, 0.15) is 30.1 Å². The predicted molar refractivity (Wildman–Crippen MR) is 117 cm³/mol. The Hall–Kier alpha value is -3.22. The number of hydrogen-bond donors (Lipinski definition) is 3. The minimum Gasteiger partial charge on any atom is -0.491 e. The molecule has 0 heterocycles. The van der Waals surface area contributed by atoms with E-state index >= 15 is 0 Å². The van der Waals surface area contributed by atoms with Gasteiger partial charge in [0, 0.05) is 5.69 Å². The van der Waals surface area contributed by atoms with Crippen LogP contribution < -0.4 is 10.1 Å². The van der Waals surface area contributed by atoms with Crippen molar-refractivity contribution in [3.63, 3.8) is 0 Å². The fraction of sp³-hybridized carbons (Fsp3) is 0.318. The number of anilines is 1. The van der Waals surface area contributed by atoms with E-state index in [-0.39, 0.29) is 25.6 Å². The normalized spacial score (nSPS) is 11.1. The molecule has 0 spiro atoms. The molecule has 0 aliphatic rings. The van der Waals surface area contributed by atoms with Crippen molar-refractivity contribution < 1.29 is 28.9 Å². The van der Waals surface area contributed by atoms with Crippen LogP contribution in [-0.2, 0) is 14.3 Å². The molecule has 2 aromatic rings. The molecule has 164 valence electrons. The Kier molecular flexibility index (Phi) is 10.2. The minimum atomic E-state index is -0.650. The summed E-state index contributed by atoms with van der Waals surface area (Å²) in [5.41, 5.74) is 1.72. The first kappa shape index (κ1) is 24.1. The number of amides is 1. The topological polar surface area (TPSA) is 118 Å². The zero-order valence-corrected chi connectivity index (χ0v) is 17.7. The number of nitrogens with zero attached hydrogens (tertiary/aromatic N) is 1. The van der Waals surface area contributed by atoms with Crippen LogP contribution in [0.15, 0.2) is 48.5 Å². The highest BCUT2D eigenvalue weighted by atomic mass is 32.1. The number of carbonyl (C=O) groups is 2. The van der Waals surface area contributed by atoms with Gasteiger partial charge in [0.15, 0.2) is 0 Å². The van der Waals surface area contributed by atoms with Gasteiger partial charge < -0.3 is 19.3 Å². The highest BCUT2D eigenvalue weighted by molar-refractivity contribution is 7.81. The number of thiol groups is 1. The maximum Gasteiger partial charge on any atom is 0.412 e. The standard InChI is InChI=1S/C22H24N2O6S/c23-14-16-3-7-18(8-4-16)24-22(27)30-20(2-1-12-29-21(26)15-31)17-5-9-19(10-6-17)28-13-11-25/h3-10,20,25,31H,1-2,11-13,15H2,(H,24,27)/t20-/m0/s1. The van der Waals surface area contributed by atoms with E-state index in [0.29, 0.717) is 29.8 Å². The minimum absolute atomic E-state index is 0.00221. The molecule has 2 aromatic carbocycles. The molecular formula is C22H24N2O6S. The number of benzene rings is 2. The molecule has 1 amide bonds. The Morgan fingerprint density at radius 3 is 2.42 bits per heavy atom. The summed E-state index contributed by atoms with van der Waals surface area (Å²) in [4.78, 5) is 23.6. The largest absolute Gasteiger partial charge is 0.491 e. The van der Waals surface area contributed by atoms with Gasteiger partial charge >= 0.3 is 12.1 Å². The summed E-state index contributed by atoms with van der Waals surface area (Å²) in [6.07, 6.45) is -0.322. The Labute approximate surface area is 186 Å². The third kappa shape index (κ3) is 8.58. The fourth-order valence-corrected chi connectivity index (χ4v) is 2.73. The van der Waals surface area contributed by atoms with Gasteiger partial charge in [0.2, 0.25) is 0 Å². The number of carbonyl (C=O) groups excluding carboxylic acids is 2. The molecule has 0 saturated carbocycles. The monoisotopic (exact) mass is 444 g/mol. The third-order valence-corrected chi connectivity index (χ3v) is 4.38. The first-order chi connectivity index (χ1) is 15.0. The second kappa shape index (κ2) is 13.2. The smallest absolute Gasteiger partial charge is 0.412 e. The van der Waals surface area contributed by atoms with Gasteiger partial charge in [-0.25, -0.2) is 4.79 Å². The Bertz CT molecular complexity index is 880. The first-order valence-electron chi connectivity index (χ1n) is 9.63. The number of esters is 1. The van der Waals surface area contributed by atoms with Crippen LogP contribution >= 0.6 is 12.6 Å². The zero-order valence-electron chi connectivity index (χ0n) is 16.8. The van der Waals surface area contributed by atoms with E-state index in [1.165, 1.54) is 0 Å². The van der Waals surface area contributed by atoms with Gasteiger partial charge in [-0.2, -0.15) is 17.9 Å². The summed E-state index contributed by atoms with van der Waals surface area (Å²) in [5.74, 6) is 0.174. The van der Waals surface area contributed by atoms with Crippen molar-refractivity contribution in [3.8, 4) is 11.8 Å². The number of ether oxygens (including phenoxy) is 3. The van der Waals surface area contributed by atoms with Crippen molar-refractivity contribution in [2.75, 3.05) is 30.9 Å². The quantitative estimate of drug-likeness (QED) is 0.276. The molecule has 0 fully saturated rings. The molecule has 31 heavy (non-hydrogen) atoms. The van der Waals surface area contributed by atoms with E-state index in [4.69, 9.17) is 24.6 Å². The van der Waals surface area contributed by atoms with Crippen molar-refractivity contribution in [1.29, 1.82) is 5.26 Å². The van der Waals surface area contributed by atoms with Gasteiger partial charge in [0.25, 0.3) is 0 Å². The lowest BCUT2D eigenvalue weighted by atomic mass is 10.0. The highest BCUT2D eigenvalue weighted by Gasteiger charge is 2.18. The van der Waals surface area contributed by atoms with Crippen LogP contribution in [0.3, 0.4) is 0 Å². The second-order valence-electron chi connectivity index (χ2n) is 6.37. The van der Waals surface area contributed by atoms with Crippen molar-refractivity contribution in [2.24, 2.45) is 0 Å². The zero-order chi connectivity index (χ0) is 22.5. The van der Waals surface area contributed by atoms with Crippen molar-refractivity contribution >= 4 is 30.4 Å². The summed E-state index contributed by atoms with van der Waals surface area (Å²) >= 11 is 3.86. The highest BCUT2D eigenvalue weighted by Crippen LogP contribution is 2.26. The molecule has 0 bridgehead atoms. The van der Waals surface area contributed by atoms with Crippen LogP contribution in [0.5, 0.6) is 5.75 Å². The van der Waals surface area contributed by atoms with Crippen LogP contribution in [-0.4, -0.2) is 42.7 Å². The molecule has 2 rings (SSSR count). The van der Waals surface area contributed by atoms with Gasteiger partial charge in [0.05, 0.1) is 30.6 Å². The molecule has 0 unspecified atom stereocenters. The maximum atomic E-state index is 12.4. The Morgan fingerprint density at radius 1 is 1.10 bits per heavy atom. The SMILES string of the molecule is N#Cc1ccc(NC(=O)O[C@@H](CCCOC(=O)CS)c2ccc(OCCO)cc2)cc1. The van der Waals surface area contributed by atoms with Crippen LogP contribution in [0.4, 0.5) is 10.5 Å². The van der Waals surface area contributed by atoms with Gasteiger partial charge in [-0.05, 0) is 54.8 Å². The van der Waals surface area contributed by atoms with Crippen LogP contribution in [0.25, 0.3) is 0 Å². The van der Waals surface area contributed by atoms with E-state index in [1.54, 1.807) is 48.5 Å². The number of nitrogens with one attached hydrogen (secondary N) is 1. The van der Waals surface area contributed by atoms with Crippen LogP contribution in [0.2, 0.25) is 0 Å². The number of hydrogen-bond acceptors (Lipinski definition) is 8. The average molecular weight is 445 g/mol. The number of aliphatic hydroxyl groups is 1. The summed E-state index contributed by atoms with van der Waals surface area (Å²) in [7, 11) is 0. The lowest BCUT2D eigenvalue weighted by Crippen LogP contribution is -2.18. The lowest BCUT2D eigenvalue weighted by Gasteiger charge is -2.19. The van der Waals surface area contributed by atoms with E-state index < -0.39 is 18.2 Å². The van der Waals surface area contributed by atoms with Gasteiger partial charge in [-0.3, -0.25) is 10.1 Å². The average Bonchev–Trinajstić information content (AvgIpc) is 2.80. The molecule has 1 atom stereocenters. The molecule has 0 radical (unpaired) electrons. The molecule has 0 aromatic heterocycles. The summed E-state index contributed by atoms with van der Waals surface area (Å²) in [6, 6.07) is 15.4. The molecule has 8 nitrogen and oxygen atoms in total. The summed E-state index contributed by atoms with van der Waals surface area (Å²) in [5, 5.41) is 20.3. The number of aliphatic hydroxyl groups excluding tert-OH is 1. The molecule has 9 heteroatoms. The summed E-state index contributed by atoms with van der Waals surface area (Å²) < 4.78 is 16.0. The van der Waals surface area contributed by atoms with E-state index in [9.17, 15) is 9.59 Å². The van der Waals surface area contributed by atoms with E-state index in [0.717, 1.165) is 5.56 Å².